The van der Waals surface area contributed by atoms with Gasteiger partial charge in [-0.1, -0.05) is 24.7 Å². The molecule has 1 saturated heterocycles. The Bertz CT molecular complexity index is 1160. The lowest BCUT2D eigenvalue weighted by Crippen LogP contribution is -2.36. The lowest BCUT2D eigenvalue weighted by atomic mass is 9.88. The van der Waals surface area contributed by atoms with Crippen LogP contribution in [0.2, 0.25) is 0 Å². The van der Waals surface area contributed by atoms with Crippen LogP contribution >= 0.6 is 12.4 Å². The topological polar surface area (TPSA) is 123 Å². The first-order valence-electron chi connectivity index (χ1n) is 10.0. The SMILES string of the molecule is C=CCON=C1CN(c2nc3c(cc2F)c(=O)c(C(=O)O)cn3C2CC2)CC1(C)CN.Cl. The Balaban J connectivity index is 0.00000289. The van der Waals surface area contributed by atoms with Crippen LogP contribution in [0.4, 0.5) is 10.2 Å². The predicted octanol–water partition coefficient (Wildman–Crippen LogP) is 2.33. The molecule has 2 aromatic rings. The number of rotatable bonds is 7. The second-order valence-corrected chi connectivity index (χ2v) is 8.22. The summed E-state index contributed by atoms with van der Waals surface area (Å²) in [5.41, 5.74) is 5.24. The van der Waals surface area contributed by atoms with E-state index in [2.05, 4.69) is 16.7 Å². The minimum Gasteiger partial charge on any atom is -0.477 e. The van der Waals surface area contributed by atoms with Gasteiger partial charge >= 0.3 is 5.97 Å². The van der Waals surface area contributed by atoms with Gasteiger partial charge in [-0.3, -0.25) is 4.79 Å². The van der Waals surface area contributed by atoms with Gasteiger partial charge in [0.15, 0.2) is 11.6 Å². The number of hydrogen-bond donors (Lipinski definition) is 2. The lowest BCUT2D eigenvalue weighted by Gasteiger charge is -2.23. The van der Waals surface area contributed by atoms with Crippen LogP contribution in [0.1, 0.15) is 36.2 Å². The monoisotopic (exact) mass is 465 g/mol. The normalized spacial score (nSPS) is 21.6. The number of aromatic carboxylic acids is 1. The van der Waals surface area contributed by atoms with Crippen LogP contribution in [-0.4, -0.2) is 52.6 Å². The number of carbonyl (C=O) groups is 1. The van der Waals surface area contributed by atoms with Gasteiger partial charge in [-0.05, 0) is 18.9 Å². The van der Waals surface area contributed by atoms with E-state index in [1.807, 2.05) is 6.92 Å². The van der Waals surface area contributed by atoms with Crippen molar-refractivity contribution in [1.29, 1.82) is 0 Å². The number of halogens is 2. The molecule has 32 heavy (non-hydrogen) atoms. The van der Waals surface area contributed by atoms with Crippen LogP contribution in [0.3, 0.4) is 0 Å². The zero-order valence-electron chi connectivity index (χ0n) is 17.6. The first-order chi connectivity index (χ1) is 14.8. The van der Waals surface area contributed by atoms with E-state index < -0.39 is 22.6 Å². The number of carboxylic acids is 1. The zero-order chi connectivity index (χ0) is 22.3. The fourth-order valence-corrected chi connectivity index (χ4v) is 3.82. The van der Waals surface area contributed by atoms with E-state index in [0.29, 0.717) is 12.3 Å². The molecule has 3 N–H and O–H groups in total. The molecule has 0 aromatic carbocycles. The highest BCUT2D eigenvalue weighted by Crippen LogP contribution is 2.38. The molecule has 0 spiro atoms. The lowest BCUT2D eigenvalue weighted by molar-refractivity contribution is 0.0695. The molecule has 2 aliphatic rings. The van der Waals surface area contributed by atoms with Gasteiger partial charge in [-0.25, -0.2) is 14.2 Å². The van der Waals surface area contributed by atoms with Crippen LogP contribution in [0.25, 0.3) is 11.0 Å². The number of aromatic nitrogens is 2. The minimum absolute atomic E-state index is 0. The number of oxime groups is 1. The quantitative estimate of drug-likeness (QED) is 0.365. The number of nitrogens with zero attached hydrogens (tertiary/aromatic N) is 4. The molecule has 0 bridgehead atoms. The van der Waals surface area contributed by atoms with Crippen LogP contribution < -0.4 is 16.1 Å². The summed E-state index contributed by atoms with van der Waals surface area (Å²) in [7, 11) is 0. The highest BCUT2D eigenvalue weighted by molar-refractivity contribution is 5.97. The van der Waals surface area contributed by atoms with E-state index in [9.17, 15) is 14.7 Å². The van der Waals surface area contributed by atoms with Gasteiger partial charge in [0.05, 0.1) is 17.6 Å². The van der Waals surface area contributed by atoms with E-state index in [-0.39, 0.29) is 60.6 Å². The van der Waals surface area contributed by atoms with Crippen molar-refractivity contribution in [2.45, 2.75) is 25.8 Å². The third-order valence-electron chi connectivity index (χ3n) is 5.80. The predicted molar refractivity (Wildman–Crippen MR) is 121 cm³/mol. The van der Waals surface area contributed by atoms with Gasteiger partial charge in [0.25, 0.3) is 0 Å². The molecule has 9 nitrogen and oxygen atoms in total. The third-order valence-corrected chi connectivity index (χ3v) is 5.80. The molecule has 1 saturated carbocycles. The summed E-state index contributed by atoms with van der Waals surface area (Å²) in [6.45, 7) is 6.66. The van der Waals surface area contributed by atoms with Crippen LogP contribution in [-0.2, 0) is 4.84 Å². The molecule has 172 valence electrons. The molecule has 0 radical (unpaired) electrons. The van der Waals surface area contributed by atoms with Crippen molar-refractivity contribution in [2.75, 3.05) is 31.1 Å². The van der Waals surface area contributed by atoms with E-state index in [1.165, 1.54) is 6.20 Å². The number of anilines is 1. The molecular weight excluding hydrogens is 441 g/mol. The smallest absolute Gasteiger partial charge is 0.341 e. The highest BCUT2D eigenvalue weighted by atomic mass is 35.5. The van der Waals surface area contributed by atoms with Gasteiger partial charge in [0.1, 0.15) is 17.8 Å². The maximum atomic E-state index is 15.1. The summed E-state index contributed by atoms with van der Waals surface area (Å²) >= 11 is 0. The number of carboxylic acid groups (broad SMARTS) is 1. The molecule has 4 rings (SSSR count). The van der Waals surface area contributed by atoms with Gasteiger partial charge < -0.3 is 25.1 Å². The molecule has 2 aromatic heterocycles. The molecule has 2 fully saturated rings. The molecule has 1 aliphatic heterocycles. The Morgan fingerprint density at radius 3 is 2.84 bits per heavy atom. The van der Waals surface area contributed by atoms with Crippen molar-refractivity contribution in [3.63, 3.8) is 0 Å². The number of fused-ring (bicyclic) bond motifs is 1. The Morgan fingerprint density at radius 2 is 2.25 bits per heavy atom. The van der Waals surface area contributed by atoms with Crippen molar-refractivity contribution >= 4 is 40.9 Å². The van der Waals surface area contributed by atoms with Gasteiger partial charge in [0, 0.05) is 30.7 Å². The Kier molecular flexibility index (Phi) is 6.56. The third kappa shape index (κ3) is 4.07. The zero-order valence-corrected chi connectivity index (χ0v) is 18.4. The molecule has 1 aliphatic carbocycles. The summed E-state index contributed by atoms with van der Waals surface area (Å²) in [6, 6.07) is 1.12. The van der Waals surface area contributed by atoms with Crippen LogP contribution in [0, 0.1) is 11.2 Å². The van der Waals surface area contributed by atoms with Crippen molar-refractivity contribution in [3.05, 3.63) is 46.5 Å². The van der Waals surface area contributed by atoms with E-state index in [1.54, 1.807) is 15.5 Å². The fraction of sp³-hybridized carbons (Fsp3) is 0.429. The van der Waals surface area contributed by atoms with Crippen molar-refractivity contribution in [1.82, 2.24) is 9.55 Å². The standard InChI is InChI=1S/C21H24FN5O4.ClH/c1-3-6-31-25-16-9-26(11-21(16,2)10-23)19-15(22)7-13-17(28)14(20(29)30)8-27(12-4-5-12)18(13)24-19;/h3,7-8,12H,1,4-6,9-11,23H2,2H3,(H,29,30);1H. The summed E-state index contributed by atoms with van der Waals surface area (Å²) in [5, 5.41) is 13.5. The largest absolute Gasteiger partial charge is 0.477 e. The number of pyridine rings is 2. The summed E-state index contributed by atoms with van der Waals surface area (Å²) in [6.07, 6.45) is 4.57. The molecule has 1 atom stereocenters. The van der Waals surface area contributed by atoms with Gasteiger partial charge in [0.2, 0.25) is 5.43 Å². The summed E-state index contributed by atoms with van der Waals surface area (Å²) < 4.78 is 16.8. The van der Waals surface area contributed by atoms with Gasteiger partial charge in [-0.15, -0.1) is 12.4 Å². The van der Waals surface area contributed by atoms with Crippen molar-refractivity contribution in [3.8, 4) is 0 Å². The summed E-state index contributed by atoms with van der Waals surface area (Å²) in [4.78, 5) is 35.5. The number of hydrogen-bond acceptors (Lipinski definition) is 7. The Labute approximate surface area is 189 Å². The first kappa shape index (κ1) is 23.7. The van der Waals surface area contributed by atoms with E-state index in [4.69, 9.17) is 10.6 Å². The maximum absolute atomic E-state index is 15.1. The first-order valence-corrected chi connectivity index (χ1v) is 10.0. The van der Waals surface area contributed by atoms with Crippen molar-refractivity contribution in [2.24, 2.45) is 16.3 Å². The maximum Gasteiger partial charge on any atom is 0.341 e. The highest BCUT2D eigenvalue weighted by Gasteiger charge is 2.41. The molecule has 1 unspecified atom stereocenters. The molecule has 11 heteroatoms. The van der Waals surface area contributed by atoms with Crippen LogP contribution in [0.5, 0.6) is 0 Å². The molecular formula is C21H25ClFN5O4. The van der Waals surface area contributed by atoms with Gasteiger partial charge in [-0.2, -0.15) is 0 Å². The van der Waals surface area contributed by atoms with E-state index >= 15 is 4.39 Å². The average molecular weight is 466 g/mol. The summed E-state index contributed by atoms with van der Waals surface area (Å²) in [5.74, 6) is -1.98. The molecule has 3 heterocycles. The number of nitrogens with two attached hydrogens (primary N) is 1. The average Bonchev–Trinajstić information content (AvgIpc) is 3.52. The Hall–Kier alpha value is -2.98. The fourth-order valence-electron chi connectivity index (χ4n) is 3.82. The van der Waals surface area contributed by atoms with Crippen LogP contribution in [0.15, 0.2) is 34.9 Å². The second kappa shape index (κ2) is 8.87. The Morgan fingerprint density at radius 1 is 1.53 bits per heavy atom. The second-order valence-electron chi connectivity index (χ2n) is 8.22. The minimum atomic E-state index is -1.34. The van der Waals surface area contributed by atoms with Crippen molar-refractivity contribution < 1.29 is 19.1 Å². The van der Waals surface area contributed by atoms with E-state index in [0.717, 1.165) is 18.9 Å². The molecule has 0 amide bonds.